The van der Waals surface area contributed by atoms with Crippen LogP contribution >= 0.6 is 0 Å². The number of hydrogen-bond acceptors (Lipinski definition) is 7. The van der Waals surface area contributed by atoms with Gasteiger partial charge in [-0.3, -0.25) is 4.79 Å². The Morgan fingerprint density at radius 1 is 1.36 bits per heavy atom. The zero-order valence-corrected chi connectivity index (χ0v) is 5.26. The molecule has 0 radical (unpaired) electrons. The second-order valence-electron chi connectivity index (χ2n) is 1.56. The van der Waals surface area contributed by atoms with Gasteiger partial charge in [-0.1, -0.05) is 0 Å². The highest BCUT2D eigenvalue weighted by atomic mass is 17.1. The molecular weight excluding hydrogens is 160 g/mol. The van der Waals surface area contributed by atoms with Crippen LogP contribution in [-0.4, -0.2) is 33.7 Å². The Morgan fingerprint density at radius 2 is 1.91 bits per heavy atom. The molecule has 64 valence electrons. The molecule has 7 heteroatoms. The maximum atomic E-state index is 10.4. The van der Waals surface area contributed by atoms with Crippen molar-refractivity contribution < 1.29 is 35.0 Å². The minimum absolute atomic E-state index is 0.877. The molecule has 0 fully saturated rings. The van der Waals surface area contributed by atoms with Gasteiger partial charge in [0.25, 0.3) is 0 Å². The lowest BCUT2D eigenvalue weighted by Crippen LogP contribution is -2.25. The van der Waals surface area contributed by atoms with E-state index < -0.39 is 24.5 Å². The molecule has 0 bridgehead atoms. The van der Waals surface area contributed by atoms with Gasteiger partial charge >= 0.3 is 5.97 Å². The quantitative estimate of drug-likeness (QED) is 0.207. The number of hydrogen-bond donors (Lipinski definition) is 3. The summed E-state index contributed by atoms with van der Waals surface area (Å²) < 4.78 is 0. The van der Waals surface area contributed by atoms with Crippen molar-refractivity contribution in [2.75, 3.05) is 0 Å². The Hall–Kier alpha value is -1.02. The second kappa shape index (κ2) is 4.74. The highest BCUT2D eigenvalue weighted by Gasteiger charge is 2.19. The third-order valence-corrected chi connectivity index (χ3v) is 0.796. The maximum absolute atomic E-state index is 10.4. The normalized spacial score (nSPS) is 12.3. The Morgan fingerprint density at radius 3 is 2.27 bits per heavy atom. The van der Waals surface area contributed by atoms with Gasteiger partial charge in [-0.25, -0.2) is 10.1 Å². The summed E-state index contributed by atoms with van der Waals surface area (Å²) in [4.78, 5) is 26.8. The van der Waals surface area contributed by atoms with Gasteiger partial charge in [0.05, 0.1) is 0 Å². The van der Waals surface area contributed by atoms with Gasteiger partial charge in [0.15, 0.2) is 0 Å². The Balaban J connectivity index is 3.77. The van der Waals surface area contributed by atoms with Crippen LogP contribution in [0.4, 0.5) is 0 Å². The summed E-state index contributed by atoms with van der Waals surface area (Å²) in [5.41, 5.74) is 0. The van der Waals surface area contributed by atoms with Crippen LogP contribution in [0, 0.1) is 0 Å². The van der Waals surface area contributed by atoms with Crippen molar-refractivity contribution in [3.8, 4) is 0 Å². The molecule has 1 unspecified atom stereocenters. The first-order valence-electron chi connectivity index (χ1n) is 2.47. The van der Waals surface area contributed by atoms with Gasteiger partial charge in [0.2, 0.25) is 12.1 Å². The summed E-state index contributed by atoms with van der Waals surface area (Å²) in [5.74, 6) is -2.36. The number of ketones is 1. The van der Waals surface area contributed by atoms with Gasteiger partial charge in [-0.05, 0) is 0 Å². The first-order valence-corrected chi connectivity index (χ1v) is 2.47. The van der Waals surface area contributed by atoms with Crippen LogP contribution < -0.4 is 0 Å². The molecule has 0 aliphatic carbocycles. The maximum Gasteiger partial charge on any atom is 0.349 e. The Bertz CT molecular complexity index is 153. The van der Waals surface area contributed by atoms with Crippen molar-refractivity contribution in [2.45, 2.75) is 12.7 Å². The summed E-state index contributed by atoms with van der Waals surface area (Å²) >= 11 is 0. The molecule has 0 spiro atoms. The molecular formula is C4H6O7. The predicted octanol–water partition coefficient (Wildman–Crippen LogP) is -1.23. The van der Waals surface area contributed by atoms with Crippen LogP contribution in [0.2, 0.25) is 0 Å². The summed E-state index contributed by atoms with van der Waals surface area (Å²) in [7, 11) is 0. The van der Waals surface area contributed by atoms with E-state index in [1.807, 2.05) is 0 Å². The molecule has 7 nitrogen and oxygen atoms in total. The fourth-order valence-electron chi connectivity index (χ4n) is 0.321. The van der Waals surface area contributed by atoms with E-state index in [2.05, 4.69) is 9.78 Å². The first kappa shape index (κ1) is 9.98. The van der Waals surface area contributed by atoms with Gasteiger partial charge < -0.3 is 9.99 Å². The highest BCUT2D eigenvalue weighted by Crippen LogP contribution is 1.93. The van der Waals surface area contributed by atoms with Crippen molar-refractivity contribution in [2.24, 2.45) is 0 Å². The number of carbonyl (C=O) groups is 2. The van der Waals surface area contributed by atoms with E-state index in [1.54, 1.807) is 0 Å². The molecule has 0 rings (SSSR count). The molecule has 11 heavy (non-hydrogen) atoms. The van der Waals surface area contributed by atoms with Crippen LogP contribution in [0.25, 0.3) is 0 Å². The zero-order chi connectivity index (χ0) is 8.85. The molecule has 0 aromatic rings. The van der Waals surface area contributed by atoms with E-state index in [0.29, 0.717) is 0 Å². The van der Waals surface area contributed by atoms with Gasteiger partial charge in [0, 0.05) is 0 Å². The van der Waals surface area contributed by atoms with Crippen LogP contribution in [0.15, 0.2) is 0 Å². The molecule has 1 atom stereocenters. The lowest BCUT2D eigenvalue weighted by Gasteiger charge is -2.01. The largest absolute Gasteiger partial charge is 0.360 e. The summed E-state index contributed by atoms with van der Waals surface area (Å²) in [6.45, 7) is 0. The topological polar surface area (TPSA) is 113 Å². The smallest absolute Gasteiger partial charge is 0.349 e. The molecule has 0 saturated carbocycles. The molecule has 0 amide bonds. The minimum Gasteiger partial charge on any atom is -0.360 e. The first-order chi connectivity index (χ1) is 5.11. The molecule has 0 saturated heterocycles. The van der Waals surface area contributed by atoms with Gasteiger partial charge in [0.1, 0.15) is 6.42 Å². The number of Topliss-reactive ketones (excluding diaryl/α,β-unsaturated/α-hetero) is 1. The fraction of sp³-hybridized carbons (Fsp3) is 0.500. The van der Waals surface area contributed by atoms with Crippen molar-refractivity contribution >= 4 is 11.8 Å². The van der Waals surface area contributed by atoms with E-state index in [-0.39, 0.29) is 0 Å². The number of carbonyl (C=O) groups excluding carboxylic acids is 2. The average Bonchev–Trinajstić information content (AvgIpc) is 2.02. The molecule has 0 aliphatic heterocycles. The zero-order valence-electron chi connectivity index (χ0n) is 5.26. The Kier molecular flexibility index (Phi) is 4.30. The summed E-state index contributed by atoms with van der Waals surface area (Å²) in [6.07, 6.45) is -2.97. The highest BCUT2D eigenvalue weighted by molar-refractivity contribution is 5.96. The van der Waals surface area contributed by atoms with Crippen LogP contribution in [0.1, 0.15) is 6.42 Å². The molecule has 3 N–H and O–H groups in total. The van der Waals surface area contributed by atoms with Crippen LogP contribution in [-0.2, 0) is 19.4 Å². The SMILES string of the molecule is O=C(CC(=O)C(O)OO)OO. The van der Waals surface area contributed by atoms with E-state index in [4.69, 9.17) is 15.6 Å². The number of rotatable bonds is 4. The Labute approximate surface area is 60.6 Å². The van der Waals surface area contributed by atoms with Gasteiger partial charge in [-0.2, -0.15) is 10.1 Å². The molecule has 0 aromatic carbocycles. The number of aliphatic hydroxyl groups excluding tert-OH is 1. The molecule has 0 aromatic heterocycles. The summed E-state index contributed by atoms with van der Waals surface area (Å²) in [6, 6.07) is 0. The monoisotopic (exact) mass is 166 g/mol. The lowest BCUT2D eigenvalue weighted by atomic mass is 10.3. The van der Waals surface area contributed by atoms with Crippen LogP contribution in [0.5, 0.6) is 0 Å². The average molecular weight is 166 g/mol. The van der Waals surface area contributed by atoms with Gasteiger partial charge in [-0.15, -0.1) is 0 Å². The van der Waals surface area contributed by atoms with Crippen molar-refractivity contribution in [3.05, 3.63) is 0 Å². The lowest BCUT2D eigenvalue weighted by molar-refractivity contribution is -0.320. The second-order valence-corrected chi connectivity index (χ2v) is 1.56. The fourth-order valence-corrected chi connectivity index (χ4v) is 0.321. The van der Waals surface area contributed by atoms with Crippen molar-refractivity contribution in [3.63, 3.8) is 0 Å². The molecule has 0 aliphatic rings. The van der Waals surface area contributed by atoms with E-state index in [9.17, 15) is 9.59 Å². The third kappa shape index (κ3) is 3.63. The van der Waals surface area contributed by atoms with Crippen molar-refractivity contribution in [1.29, 1.82) is 0 Å². The van der Waals surface area contributed by atoms with Crippen LogP contribution in [0.3, 0.4) is 0 Å². The van der Waals surface area contributed by atoms with E-state index in [1.165, 1.54) is 0 Å². The summed E-state index contributed by atoms with van der Waals surface area (Å²) in [5, 5.41) is 23.7. The van der Waals surface area contributed by atoms with E-state index >= 15 is 0 Å². The standard InChI is InChI=1S/C4H6O7/c5-2(4(7)11-9)1-3(6)10-8/h4,7-9H,1H2. The van der Waals surface area contributed by atoms with E-state index in [0.717, 1.165) is 0 Å². The predicted molar refractivity (Wildman–Crippen MR) is 28.1 cm³/mol. The molecule has 0 heterocycles. The minimum atomic E-state index is -2.09. The number of aliphatic hydroxyl groups is 1. The third-order valence-electron chi connectivity index (χ3n) is 0.796. The van der Waals surface area contributed by atoms with Crippen molar-refractivity contribution in [1.82, 2.24) is 0 Å².